The van der Waals surface area contributed by atoms with Crippen LogP contribution in [0.1, 0.15) is 19.0 Å². The molecular weight excluding hydrogens is 282 g/mol. The van der Waals surface area contributed by atoms with Gasteiger partial charge in [-0.25, -0.2) is 0 Å². The van der Waals surface area contributed by atoms with Crippen LogP contribution in [0.25, 0.3) is 10.9 Å². The molecule has 0 bridgehead atoms. The Hall–Kier alpha value is -2.00. The molecular formula is C17H18ClN3. The molecule has 1 aromatic carbocycles. The van der Waals surface area contributed by atoms with Crippen LogP contribution in [0.3, 0.4) is 0 Å². The maximum atomic E-state index is 6.22. The van der Waals surface area contributed by atoms with Crippen LogP contribution in [0.5, 0.6) is 0 Å². The van der Waals surface area contributed by atoms with Crippen LogP contribution in [0.4, 0.5) is 5.69 Å². The molecule has 1 N–H and O–H groups in total. The Morgan fingerprint density at radius 2 is 2.10 bits per heavy atom. The van der Waals surface area contributed by atoms with Crippen LogP contribution in [0.15, 0.2) is 48.8 Å². The van der Waals surface area contributed by atoms with Gasteiger partial charge in [-0.2, -0.15) is 0 Å². The van der Waals surface area contributed by atoms with Crippen LogP contribution >= 0.6 is 11.6 Å². The minimum absolute atomic E-state index is 0.734. The summed E-state index contributed by atoms with van der Waals surface area (Å²) in [4.78, 5) is 4.45. The quantitative estimate of drug-likeness (QED) is 0.739. The van der Waals surface area contributed by atoms with E-state index in [1.165, 1.54) is 5.69 Å². The van der Waals surface area contributed by atoms with E-state index in [1.54, 1.807) is 6.20 Å². The summed E-state index contributed by atoms with van der Waals surface area (Å²) in [7, 11) is 0. The molecule has 3 nitrogen and oxygen atoms in total. The normalized spacial score (nSPS) is 11.0. The van der Waals surface area contributed by atoms with E-state index in [1.807, 2.05) is 24.3 Å². The maximum absolute atomic E-state index is 6.22. The van der Waals surface area contributed by atoms with Crippen molar-refractivity contribution in [3.05, 3.63) is 59.5 Å². The molecule has 0 saturated carbocycles. The molecule has 0 aliphatic carbocycles. The lowest BCUT2D eigenvalue weighted by molar-refractivity contribution is 0.654. The smallest absolute Gasteiger partial charge is 0.0948 e. The number of rotatable bonds is 5. The largest absolute Gasteiger partial charge is 0.378 e. The number of nitrogens with one attached hydrogen (secondary N) is 1. The third-order valence-corrected chi connectivity index (χ3v) is 3.89. The average Bonchev–Trinajstić information content (AvgIpc) is 2.95. The highest BCUT2D eigenvalue weighted by Gasteiger charge is 2.06. The first kappa shape index (κ1) is 14.0. The number of aromatic nitrogens is 2. The molecule has 2 aromatic heterocycles. The second kappa shape index (κ2) is 6.19. The van der Waals surface area contributed by atoms with E-state index in [-0.39, 0.29) is 0 Å². The lowest BCUT2D eigenvalue weighted by Gasteiger charge is -2.12. The monoisotopic (exact) mass is 299 g/mol. The van der Waals surface area contributed by atoms with Crippen molar-refractivity contribution in [1.82, 2.24) is 9.55 Å². The Bertz CT molecular complexity index is 749. The number of aryl methyl sites for hydroxylation is 1. The fourth-order valence-electron chi connectivity index (χ4n) is 2.54. The fourth-order valence-corrected chi connectivity index (χ4v) is 2.75. The third-order valence-electron chi connectivity index (χ3n) is 3.56. The van der Waals surface area contributed by atoms with Gasteiger partial charge in [-0.05, 0) is 42.8 Å². The van der Waals surface area contributed by atoms with Gasteiger partial charge in [0.15, 0.2) is 0 Å². The molecule has 0 saturated heterocycles. The molecule has 2 heterocycles. The number of hydrogen-bond acceptors (Lipinski definition) is 2. The predicted octanol–water partition coefficient (Wildman–Crippen LogP) is 4.71. The maximum Gasteiger partial charge on any atom is 0.0948 e. The van der Waals surface area contributed by atoms with E-state index >= 15 is 0 Å². The van der Waals surface area contributed by atoms with Gasteiger partial charge in [-0.3, -0.25) is 4.98 Å². The van der Waals surface area contributed by atoms with Crippen molar-refractivity contribution in [2.75, 3.05) is 5.32 Å². The topological polar surface area (TPSA) is 29.9 Å². The van der Waals surface area contributed by atoms with E-state index in [9.17, 15) is 0 Å². The summed E-state index contributed by atoms with van der Waals surface area (Å²) >= 11 is 6.22. The van der Waals surface area contributed by atoms with Gasteiger partial charge in [0.1, 0.15) is 0 Å². The van der Waals surface area contributed by atoms with E-state index in [2.05, 4.69) is 40.1 Å². The molecule has 4 heteroatoms. The Balaban J connectivity index is 1.85. The molecule has 0 spiro atoms. The lowest BCUT2D eigenvalue weighted by atomic mass is 10.2. The molecule has 0 aliphatic rings. The lowest BCUT2D eigenvalue weighted by Crippen LogP contribution is -2.07. The summed E-state index contributed by atoms with van der Waals surface area (Å²) in [6.07, 6.45) is 5.05. The van der Waals surface area contributed by atoms with Gasteiger partial charge in [0.2, 0.25) is 0 Å². The molecule has 21 heavy (non-hydrogen) atoms. The van der Waals surface area contributed by atoms with Crippen molar-refractivity contribution in [2.45, 2.75) is 26.4 Å². The minimum Gasteiger partial charge on any atom is -0.378 e. The number of nitrogens with zero attached hydrogens (tertiary/aromatic N) is 2. The van der Waals surface area contributed by atoms with Crippen molar-refractivity contribution in [3.63, 3.8) is 0 Å². The van der Waals surface area contributed by atoms with Gasteiger partial charge in [-0.1, -0.05) is 18.5 Å². The van der Waals surface area contributed by atoms with Gasteiger partial charge in [0.25, 0.3) is 0 Å². The van der Waals surface area contributed by atoms with E-state index in [0.29, 0.717) is 0 Å². The molecule has 0 unspecified atom stereocenters. The standard InChI is InChI=1S/C17H18ClN3/c1-2-10-21-11-4-5-13(21)12-20-16-8-7-15(18)14-6-3-9-19-17(14)16/h3-9,11,20H,2,10,12H2,1H3. The first-order chi connectivity index (χ1) is 10.3. The summed E-state index contributed by atoms with van der Waals surface area (Å²) in [6.45, 7) is 4.01. The first-order valence-corrected chi connectivity index (χ1v) is 7.58. The number of benzene rings is 1. The van der Waals surface area contributed by atoms with Gasteiger partial charge in [0, 0.05) is 30.0 Å². The van der Waals surface area contributed by atoms with Crippen molar-refractivity contribution in [2.24, 2.45) is 0 Å². The van der Waals surface area contributed by atoms with E-state index in [4.69, 9.17) is 11.6 Å². The van der Waals surface area contributed by atoms with Gasteiger partial charge in [0.05, 0.1) is 22.8 Å². The second-order valence-electron chi connectivity index (χ2n) is 5.04. The number of halogens is 1. The number of anilines is 1. The zero-order chi connectivity index (χ0) is 14.7. The van der Waals surface area contributed by atoms with Crippen LogP contribution in [-0.2, 0) is 13.1 Å². The van der Waals surface area contributed by atoms with Crippen molar-refractivity contribution in [1.29, 1.82) is 0 Å². The van der Waals surface area contributed by atoms with Gasteiger partial charge >= 0.3 is 0 Å². The van der Waals surface area contributed by atoms with E-state index < -0.39 is 0 Å². The molecule has 3 rings (SSSR count). The summed E-state index contributed by atoms with van der Waals surface area (Å²) in [5.41, 5.74) is 3.20. The van der Waals surface area contributed by atoms with Crippen molar-refractivity contribution in [3.8, 4) is 0 Å². The van der Waals surface area contributed by atoms with Gasteiger partial charge in [-0.15, -0.1) is 0 Å². The summed E-state index contributed by atoms with van der Waals surface area (Å²) in [5, 5.41) is 5.19. The Kier molecular flexibility index (Phi) is 4.11. The average molecular weight is 300 g/mol. The third kappa shape index (κ3) is 2.88. The molecule has 108 valence electrons. The highest BCUT2D eigenvalue weighted by atomic mass is 35.5. The fraction of sp³-hybridized carbons (Fsp3) is 0.235. The van der Waals surface area contributed by atoms with Crippen molar-refractivity contribution >= 4 is 28.2 Å². The Morgan fingerprint density at radius 1 is 1.19 bits per heavy atom. The second-order valence-corrected chi connectivity index (χ2v) is 5.45. The van der Waals surface area contributed by atoms with Crippen LogP contribution < -0.4 is 5.32 Å². The molecule has 3 aromatic rings. The first-order valence-electron chi connectivity index (χ1n) is 7.20. The Labute approximate surface area is 129 Å². The van der Waals surface area contributed by atoms with Crippen LogP contribution in [-0.4, -0.2) is 9.55 Å². The zero-order valence-corrected chi connectivity index (χ0v) is 12.8. The molecule has 0 fully saturated rings. The molecule has 0 atom stereocenters. The molecule has 0 radical (unpaired) electrons. The molecule has 0 aliphatic heterocycles. The number of hydrogen-bond donors (Lipinski definition) is 1. The number of fused-ring (bicyclic) bond motifs is 1. The van der Waals surface area contributed by atoms with E-state index in [0.717, 1.165) is 41.1 Å². The summed E-state index contributed by atoms with van der Waals surface area (Å²) < 4.78 is 2.28. The van der Waals surface area contributed by atoms with Crippen molar-refractivity contribution < 1.29 is 0 Å². The SMILES string of the molecule is CCCn1cccc1CNc1ccc(Cl)c2cccnc12. The van der Waals surface area contributed by atoms with Crippen LogP contribution in [0.2, 0.25) is 5.02 Å². The zero-order valence-electron chi connectivity index (χ0n) is 12.0. The predicted molar refractivity (Wildman–Crippen MR) is 88.8 cm³/mol. The van der Waals surface area contributed by atoms with Gasteiger partial charge < -0.3 is 9.88 Å². The highest BCUT2D eigenvalue weighted by molar-refractivity contribution is 6.35. The van der Waals surface area contributed by atoms with Crippen LogP contribution in [0, 0.1) is 0 Å². The number of pyridine rings is 1. The Morgan fingerprint density at radius 3 is 2.95 bits per heavy atom. The highest BCUT2D eigenvalue weighted by Crippen LogP contribution is 2.28. The molecule has 0 amide bonds. The summed E-state index contributed by atoms with van der Waals surface area (Å²) in [5.74, 6) is 0. The minimum atomic E-state index is 0.734. The summed E-state index contributed by atoms with van der Waals surface area (Å²) in [6, 6.07) is 12.0.